The zero-order chi connectivity index (χ0) is 33.1. The predicted octanol–water partition coefficient (Wildman–Crippen LogP) is 6.88. The number of ether oxygens (including phenoxy) is 2. The van der Waals surface area contributed by atoms with E-state index < -0.39 is 41.7 Å². The Morgan fingerprint density at radius 2 is 1.41 bits per heavy atom. The van der Waals surface area contributed by atoms with Crippen molar-refractivity contribution in [1.29, 1.82) is 0 Å². The molecular formula is C35H36N2O7S2. The predicted molar refractivity (Wildman–Crippen MR) is 179 cm³/mol. The minimum absolute atomic E-state index is 0.0621. The molecule has 1 heterocycles. The summed E-state index contributed by atoms with van der Waals surface area (Å²) in [6, 6.07) is 25.1. The van der Waals surface area contributed by atoms with Gasteiger partial charge in [0.15, 0.2) is 6.10 Å². The summed E-state index contributed by atoms with van der Waals surface area (Å²) in [5, 5.41) is 18.8. The van der Waals surface area contributed by atoms with Gasteiger partial charge in [-0.15, -0.1) is 11.8 Å². The maximum atomic E-state index is 14.0. The lowest BCUT2D eigenvalue weighted by molar-refractivity contribution is -0.149. The van der Waals surface area contributed by atoms with Crippen LogP contribution in [0.1, 0.15) is 69.5 Å². The van der Waals surface area contributed by atoms with Crippen molar-refractivity contribution < 1.29 is 33.8 Å². The summed E-state index contributed by atoms with van der Waals surface area (Å²) in [5.41, 5.74) is 1.47. The van der Waals surface area contributed by atoms with Crippen LogP contribution in [0.5, 0.6) is 0 Å². The van der Waals surface area contributed by atoms with Gasteiger partial charge in [0.1, 0.15) is 11.6 Å². The van der Waals surface area contributed by atoms with Crippen molar-refractivity contribution in [2.75, 3.05) is 12.3 Å². The van der Waals surface area contributed by atoms with Crippen molar-refractivity contribution in [3.05, 3.63) is 130 Å². The first-order valence-corrected chi connectivity index (χ1v) is 16.5. The Hall–Kier alpha value is -4.61. The second-order valence-corrected chi connectivity index (χ2v) is 13.3. The van der Waals surface area contributed by atoms with Crippen LogP contribution < -0.4 is 10.6 Å². The molecule has 3 aromatic carbocycles. The van der Waals surface area contributed by atoms with E-state index in [4.69, 9.17) is 9.47 Å². The number of carboxylic acid groups (broad SMARTS) is 1. The molecule has 46 heavy (non-hydrogen) atoms. The van der Waals surface area contributed by atoms with Crippen LogP contribution in [0.25, 0.3) is 0 Å². The normalized spacial score (nSPS) is 12.5. The molecule has 2 amide bonds. The van der Waals surface area contributed by atoms with Crippen LogP contribution in [-0.2, 0) is 14.3 Å². The highest BCUT2D eigenvalue weighted by molar-refractivity contribution is 7.99. The Bertz CT molecular complexity index is 1570. The van der Waals surface area contributed by atoms with Gasteiger partial charge in [-0.25, -0.2) is 14.4 Å². The van der Waals surface area contributed by atoms with Gasteiger partial charge in [-0.1, -0.05) is 72.8 Å². The van der Waals surface area contributed by atoms with E-state index in [1.54, 1.807) is 26.8 Å². The molecule has 1 unspecified atom stereocenters. The third kappa shape index (κ3) is 9.95. The molecule has 0 aliphatic rings. The maximum absolute atomic E-state index is 14.0. The zero-order valence-corrected chi connectivity index (χ0v) is 27.3. The van der Waals surface area contributed by atoms with E-state index in [1.165, 1.54) is 41.3 Å². The highest BCUT2D eigenvalue weighted by Crippen LogP contribution is 2.32. The van der Waals surface area contributed by atoms with Gasteiger partial charge in [-0.3, -0.25) is 4.79 Å². The lowest BCUT2D eigenvalue weighted by Crippen LogP contribution is -2.44. The second kappa shape index (κ2) is 16.1. The minimum Gasteiger partial charge on any atom is -0.478 e. The summed E-state index contributed by atoms with van der Waals surface area (Å²) in [7, 11) is 0. The largest absolute Gasteiger partial charge is 0.478 e. The topological polar surface area (TPSA) is 131 Å². The number of rotatable bonds is 13. The first-order valence-electron chi connectivity index (χ1n) is 14.6. The van der Waals surface area contributed by atoms with E-state index in [2.05, 4.69) is 10.6 Å². The van der Waals surface area contributed by atoms with Gasteiger partial charge in [-0.05, 0) is 66.4 Å². The molecule has 240 valence electrons. The van der Waals surface area contributed by atoms with Gasteiger partial charge < -0.3 is 25.2 Å². The summed E-state index contributed by atoms with van der Waals surface area (Å²) in [6.45, 7) is 5.52. The summed E-state index contributed by atoms with van der Waals surface area (Å²) in [6.07, 6.45) is -1.33. The Balaban J connectivity index is 1.60. The standard InChI is InChI=1S/C35H36N2O7S2/c1-35(2,3)44-34(42)36-20-29(25-18-19-45-21-25)46-22-28(37-31(38)26-16-10-11-17-27(26)32(39)40)33(41)43-30(23-12-6-4-7-13-23)24-14-8-5-9-15-24/h4-19,21,28-30H,20,22H2,1-3H3,(H,36,42)(H,37,38)(H,39,40)/t28-,29?/m0/s1. The first-order chi connectivity index (χ1) is 22.0. The van der Waals surface area contributed by atoms with Gasteiger partial charge in [0.05, 0.1) is 11.1 Å². The van der Waals surface area contributed by atoms with Crippen molar-refractivity contribution in [2.24, 2.45) is 0 Å². The Labute approximate surface area is 276 Å². The van der Waals surface area contributed by atoms with Crippen LogP contribution in [-0.4, -0.2) is 53.0 Å². The quantitative estimate of drug-likeness (QED) is 0.132. The van der Waals surface area contributed by atoms with Gasteiger partial charge in [-0.2, -0.15) is 11.3 Å². The van der Waals surface area contributed by atoms with Crippen molar-refractivity contribution in [3.8, 4) is 0 Å². The van der Waals surface area contributed by atoms with E-state index in [-0.39, 0.29) is 28.7 Å². The molecule has 0 spiro atoms. The number of carbonyl (C=O) groups is 4. The van der Waals surface area contributed by atoms with Crippen LogP contribution in [0.15, 0.2) is 102 Å². The number of benzene rings is 3. The molecule has 0 saturated carbocycles. The number of carboxylic acids is 1. The molecule has 4 rings (SSSR count). The average Bonchev–Trinajstić information content (AvgIpc) is 3.58. The fraction of sp³-hybridized carbons (Fsp3) is 0.257. The monoisotopic (exact) mass is 660 g/mol. The number of hydrogen-bond acceptors (Lipinski definition) is 8. The Morgan fingerprint density at radius 3 is 1.96 bits per heavy atom. The molecule has 9 nitrogen and oxygen atoms in total. The summed E-state index contributed by atoms with van der Waals surface area (Å²) < 4.78 is 11.5. The van der Waals surface area contributed by atoms with Crippen LogP contribution in [0.3, 0.4) is 0 Å². The number of nitrogens with one attached hydrogen (secondary N) is 2. The molecule has 4 aromatic rings. The van der Waals surface area contributed by atoms with E-state index in [9.17, 15) is 24.3 Å². The molecule has 0 aliphatic carbocycles. The SMILES string of the molecule is CC(C)(C)OC(=O)NCC(SC[C@H](NC(=O)c1ccccc1C(=O)O)C(=O)OC(c1ccccc1)c1ccccc1)c1ccsc1. The van der Waals surface area contributed by atoms with E-state index >= 15 is 0 Å². The van der Waals surface area contributed by atoms with Crippen molar-refractivity contribution in [3.63, 3.8) is 0 Å². The maximum Gasteiger partial charge on any atom is 0.407 e. The van der Waals surface area contributed by atoms with E-state index in [0.717, 1.165) is 16.7 Å². The molecule has 2 atom stereocenters. The highest BCUT2D eigenvalue weighted by Gasteiger charge is 2.30. The third-order valence-corrected chi connectivity index (χ3v) is 8.71. The van der Waals surface area contributed by atoms with E-state index in [0.29, 0.717) is 0 Å². The Kier molecular flexibility index (Phi) is 12.0. The molecule has 0 aliphatic heterocycles. The fourth-order valence-corrected chi connectivity index (χ4v) is 6.47. The van der Waals surface area contributed by atoms with Gasteiger partial charge in [0.25, 0.3) is 5.91 Å². The van der Waals surface area contributed by atoms with Crippen molar-refractivity contribution >= 4 is 47.0 Å². The fourth-order valence-electron chi connectivity index (χ4n) is 4.49. The molecule has 0 fully saturated rings. The lowest BCUT2D eigenvalue weighted by atomic mass is 10.0. The number of carbonyl (C=O) groups excluding carboxylic acids is 3. The van der Waals surface area contributed by atoms with Gasteiger partial charge >= 0.3 is 18.0 Å². The number of esters is 1. The Morgan fingerprint density at radius 1 is 0.826 bits per heavy atom. The molecule has 0 bridgehead atoms. The van der Waals surface area contributed by atoms with Crippen molar-refractivity contribution in [1.82, 2.24) is 10.6 Å². The summed E-state index contributed by atoms with van der Waals surface area (Å²) in [4.78, 5) is 51.7. The second-order valence-electron chi connectivity index (χ2n) is 11.3. The van der Waals surface area contributed by atoms with Crippen LogP contribution in [0.4, 0.5) is 4.79 Å². The van der Waals surface area contributed by atoms with Crippen molar-refractivity contribution in [2.45, 2.75) is 43.8 Å². The molecule has 0 saturated heterocycles. The van der Waals surface area contributed by atoms with Gasteiger partial charge in [0.2, 0.25) is 0 Å². The number of amides is 2. The minimum atomic E-state index is -1.27. The zero-order valence-electron chi connectivity index (χ0n) is 25.7. The number of thiophene rings is 1. The first kappa shape index (κ1) is 34.3. The number of thioether (sulfide) groups is 1. The molecular weight excluding hydrogens is 625 g/mol. The molecule has 0 radical (unpaired) electrons. The number of aromatic carboxylic acids is 1. The average molecular weight is 661 g/mol. The lowest BCUT2D eigenvalue weighted by Gasteiger charge is -2.25. The highest BCUT2D eigenvalue weighted by atomic mass is 32.2. The van der Waals surface area contributed by atoms with Gasteiger partial charge in [0, 0.05) is 17.5 Å². The number of hydrogen-bond donors (Lipinski definition) is 3. The third-order valence-electron chi connectivity index (χ3n) is 6.64. The number of alkyl carbamates (subject to hydrolysis) is 1. The van der Waals surface area contributed by atoms with Crippen LogP contribution >= 0.6 is 23.1 Å². The summed E-state index contributed by atoms with van der Waals surface area (Å²) in [5.74, 6) is -2.63. The van der Waals surface area contributed by atoms with Crippen LogP contribution in [0.2, 0.25) is 0 Å². The van der Waals surface area contributed by atoms with E-state index in [1.807, 2.05) is 77.5 Å². The molecule has 3 N–H and O–H groups in total. The molecule has 11 heteroatoms. The summed E-state index contributed by atoms with van der Waals surface area (Å²) >= 11 is 2.84. The molecule has 1 aromatic heterocycles. The van der Waals surface area contributed by atoms with Crippen LogP contribution in [0, 0.1) is 0 Å². The smallest absolute Gasteiger partial charge is 0.407 e.